The molecule has 5 nitrogen and oxygen atoms in total. The molecule has 5 heteroatoms. The molecule has 0 radical (unpaired) electrons. The lowest BCUT2D eigenvalue weighted by molar-refractivity contribution is -0.127. The van der Waals surface area contributed by atoms with Gasteiger partial charge in [0.05, 0.1) is 0 Å². The number of nitrogens with two attached hydrogens (primary N) is 1. The van der Waals surface area contributed by atoms with Gasteiger partial charge >= 0.3 is 0 Å². The minimum atomic E-state index is -0.118. The van der Waals surface area contributed by atoms with Crippen LogP contribution in [-0.2, 0) is 11.3 Å². The van der Waals surface area contributed by atoms with Gasteiger partial charge in [-0.05, 0) is 31.0 Å². The van der Waals surface area contributed by atoms with Crippen LogP contribution in [0.1, 0.15) is 35.7 Å². The topological polar surface area (TPSA) is 75.4 Å². The standard InChI is InChI=1S/C15H21N3O2/c1-11(10-18-8-2-3-14(18)19)17-15(20)13-6-4-12(9-16)5-7-13/h4-7,11H,2-3,8-10,16H2,1H3,(H,17,20). The van der Waals surface area contributed by atoms with Crippen molar-refractivity contribution < 1.29 is 9.59 Å². The van der Waals surface area contributed by atoms with E-state index in [4.69, 9.17) is 5.73 Å². The Labute approximate surface area is 119 Å². The molecule has 1 aliphatic rings. The van der Waals surface area contributed by atoms with E-state index in [2.05, 4.69) is 5.32 Å². The molecular weight excluding hydrogens is 254 g/mol. The lowest BCUT2D eigenvalue weighted by Gasteiger charge is -2.21. The molecule has 1 saturated heterocycles. The van der Waals surface area contributed by atoms with E-state index in [0.29, 0.717) is 25.1 Å². The Hall–Kier alpha value is -1.88. The smallest absolute Gasteiger partial charge is 0.251 e. The van der Waals surface area contributed by atoms with E-state index in [1.165, 1.54) is 0 Å². The molecule has 0 bridgehead atoms. The van der Waals surface area contributed by atoms with Crippen molar-refractivity contribution in [3.8, 4) is 0 Å². The molecule has 1 aromatic rings. The van der Waals surface area contributed by atoms with E-state index >= 15 is 0 Å². The SMILES string of the molecule is CC(CN1CCCC1=O)NC(=O)c1ccc(CN)cc1. The van der Waals surface area contributed by atoms with E-state index in [1.54, 1.807) is 12.1 Å². The van der Waals surface area contributed by atoms with Crippen LogP contribution in [0.5, 0.6) is 0 Å². The minimum Gasteiger partial charge on any atom is -0.348 e. The summed E-state index contributed by atoms with van der Waals surface area (Å²) in [5.74, 6) is 0.0612. The van der Waals surface area contributed by atoms with Crippen LogP contribution >= 0.6 is 0 Å². The molecule has 3 N–H and O–H groups in total. The van der Waals surface area contributed by atoms with Crippen molar-refractivity contribution in [2.24, 2.45) is 5.73 Å². The van der Waals surface area contributed by atoms with Gasteiger partial charge in [-0.3, -0.25) is 9.59 Å². The van der Waals surface area contributed by atoms with Crippen molar-refractivity contribution in [1.82, 2.24) is 10.2 Å². The van der Waals surface area contributed by atoms with Crippen LogP contribution in [0.3, 0.4) is 0 Å². The predicted molar refractivity (Wildman–Crippen MR) is 77.1 cm³/mol. The fraction of sp³-hybridized carbons (Fsp3) is 0.467. The summed E-state index contributed by atoms with van der Waals surface area (Å²) in [7, 11) is 0. The van der Waals surface area contributed by atoms with Crippen LogP contribution in [-0.4, -0.2) is 35.8 Å². The average Bonchev–Trinajstić information content (AvgIpc) is 2.84. The third-order valence-corrected chi connectivity index (χ3v) is 3.49. The first kappa shape index (κ1) is 14.5. The van der Waals surface area contributed by atoms with Gasteiger partial charge in [-0.15, -0.1) is 0 Å². The maximum atomic E-state index is 12.1. The van der Waals surface area contributed by atoms with Gasteiger partial charge in [0.1, 0.15) is 0 Å². The van der Waals surface area contributed by atoms with Crippen LogP contribution in [0.4, 0.5) is 0 Å². The second kappa shape index (κ2) is 6.52. The Bertz CT molecular complexity index is 484. The average molecular weight is 275 g/mol. The minimum absolute atomic E-state index is 0.0567. The third-order valence-electron chi connectivity index (χ3n) is 3.49. The molecule has 1 heterocycles. The Balaban J connectivity index is 1.87. The van der Waals surface area contributed by atoms with E-state index < -0.39 is 0 Å². The Morgan fingerprint density at radius 1 is 1.40 bits per heavy atom. The van der Waals surface area contributed by atoms with Crippen molar-refractivity contribution in [2.45, 2.75) is 32.4 Å². The second-order valence-corrected chi connectivity index (χ2v) is 5.22. The molecule has 0 saturated carbocycles. The number of nitrogens with zero attached hydrogens (tertiary/aromatic N) is 1. The van der Waals surface area contributed by atoms with Crippen LogP contribution < -0.4 is 11.1 Å². The first-order chi connectivity index (χ1) is 9.60. The van der Waals surface area contributed by atoms with Crippen LogP contribution in [0.25, 0.3) is 0 Å². The lowest BCUT2D eigenvalue weighted by Crippen LogP contribution is -2.42. The fourth-order valence-electron chi connectivity index (χ4n) is 2.37. The maximum absolute atomic E-state index is 12.1. The highest BCUT2D eigenvalue weighted by molar-refractivity contribution is 5.94. The van der Waals surface area contributed by atoms with Gasteiger partial charge in [0.25, 0.3) is 5.91 Å². The number of nitrogens with one attached hydrogen (secondary N) is 1. The maximum Gasteiger partial charge on any atom is 0.251 e. The van der Waals surface area contributed by atoms with Crippen molar-refractivity contribution in [3.63, 3.8) is 0 Å². The lowest BCUT2D eigenvalue weighted by atomic mass is 10.1. The van der Waals surface area contributed by atoms with Gasteiger partial charge in [-0.2, -0.15) is 0 Å². The molecule has 1 aliphatic heterocycles. The number of likely N-dealkylation sites (tertiary alicyclic amines) is 1. The first-order valence-electron chi connectivity index (χ1n) is 6.98. The monoisotopic (exact) mass is 275 g/mol. The zero-order valence-corrected chi connectivity index (χ0v) is 11.8. The van der Waals surface area contributed by atoms with Crippen molar-refractivity contribution in [1.29, 1.82) is 0 Å². The molecule has 0 aliphatic carbocycles. The summed E-state index contributed by atoms with van der Waals surface area (Å²) in [4.78, 5) is 25.4. The molecule has 1 fully saturated rings. The Morgan fingerprint density at radius 2 is 2.10 bits per heavy atom. The van der Waals surface area contributed by atoms with Gasteiger partial charge in [0, 0.05) is 37.7 Å². The summed E-state index contributed by atoms with van der Waals surface area (Å²) in [6.45, 7) is 3.75. The van der Waals surface area contributed by atoms with Crippen molar-refractivity contribution >= 4 is 11.8 Å². The summed E-state index contributed by atoms with van der Waals surface area (Å²) in [5, 5.41) is 2.92. The Kier molecular flexibility index (Phi) is 4.74. The molecule has 1 atom stereocenters. The number of hydrogen-bond donors (Lipinski definition) is 2. The normalized spacial score (nSPS) is 16.3. The Morgan fingerprint density at radius 3 is 2.65 bits per heavy atom. The predicted octanol–water partition coefficient (Wildman–Crippen LogP) is 0.886. The summed E-state index contributed by atoms with van der Waals surface area (Å²) in [5.41, 5.74) is 7.13. The van der Waals surface area contributed by atoms with Gasteiger partial charge in [0.2, 0.25) is 5.91 Å². The molecule has 1 unspecified atom stereocenters. The van der Waals surface area contributed by atoms with Crippen molar-refractivity contribution in [3.05, 3.63) is 35.4 Å². The number of benzene rings is 1. The highest BCUT2D eigenvalue weighted by atomic mass is 16.2. The van der Waals surface area contributed by atoms with Crippen molar-refractivity contribution in [2.75, 3.05) is 13.1 Å². The molecule has 1 aromatic carbocycles. The number of rotatable bonds is 5. The summed E-state index contributed by atoms with van der Waals surface area (Å²) < 4.78 is 0. The fourth-order valence-corrected chi connectivity index (χ4v) is 2.37. The highest BCUT2D eigenvalue weighted by Crippen LogP contribution is 2.10. The van der Waals surface area contributed by atoms with Crippen LogP contribution in [0, 0.1) is 0 Å². The van der Waals surface area contributed by atoms with Crippen LogP contribution in [0.2, 0.25) is 0 Å². The molecule has 0 spiro atoms. The zero-order chi connectivity index (χ0) is 14.5. The third kappa shape index (κ3) is 3.57. The molecule has 2 rings (SSSR count). The number of carbonyl (C=O) groups is 2. The van der Waals surface area contributed by atoms with Gasteiger partial charge < -0.3 is 16.0 Å². The summed E-state index contributed by atoms with van der Waals surface area (Å²) in [6.07, 6.45) is 1.54. The molecule has 0 aromatic heterocycles. The van der Waals surface area contributed by atoms with Crippen LogP contribution in [0.15, 0.2) is 24.3 Å². The van der Waals surface area contributed by atoms with E-state index in [1.807, 2.05) is 24.0 Å². The quantitative estimate of drug-likeness (QED) is 0.838. The second-order valence-electron chi connectivity index (χ2n) is 5.22. The first-order valence-corrected chi connectivity index (χ1v) is 6.98. The largest absolute Gasteiger partial charge is 0.348 e. The number of amides is 2. The van der Waals surface area contributed by atoms with E-state index in [0.717, 1.165) is 18.5 Å². The van der Waals surface area contributed by atoms with Gasteiger partial charge in [-0.1, -0.05) is 12.1 Å². The molecule has 2 amide bonds. The highest BCUT2D eigenvalue weighted by Gasteiger charge is 2.22. The summed E-state index contributed by atoms with van der Waals surface area (Å²) in [6, 6.07) is 7.18. The van der Waals surface area contributed by atoms with Gasteiger partial charge in [-0.25, -0.2) is 0 Å². The molecule has 20 heavy (non-hydrogen) atoms. The van der Waals surface area contributed by atoms with E-state index in [9.17, 15) is 9.59 Å². The molecular formula is C15H21N3O2. The summed E-state index contributed by atoms with van der Waals surface area (Å²) >= 11 is 0. The number of carbonyl (C=O) groups excluding carboxylic acids is 2. The number of hydrogen-bond acceptors (Lipinski definition) is 3. The van der Waals surface area contributed by atoms with E-state index in [-0.39, 0.29) is 17.9 Å². The van der Waals surface area contributed by atoms with Gasteiger partial charge in [0.15, 0.2) is 0 Å². The zero-order valence-electron chi connectivity index (χ0n) is 11.8. The molecule has 108 valence electrons.